The van der Waals surface area contributed by atoms with Crippen molar-refractivity contribution in [3.63, 3.8) is 0 Å². The maximum atomic E-state index is 6.55. The van der Waals surface area contributed by atoms with Crippen molar-refractivity contribution in [3.8, 4) is 11.5 Å². The van der Waals surface area contributed by atoms with Gasteiger partial charge in [-0.3, -0.25) is 0 Å². The van der Waals surface area contributed by atoms with Gasteiger partial charge in [0.25, 0.3) is 0 Å². The molecule has 0 unspecified atom stereocenters. The zero-order valence-corrected chi connectivity index (χ0v) is 11.6. The molecule has 1 fully saturated rings. The molecule has 0 spiro atoms. The normalized spacial score (nSPS) is 17.8. The van der Waals surface area contributed by atoms with Crippen molar-refractivity contribution >= 4 is 0 Å². The molecule has 2 N–H and O–H groups in total. The number of hydrogen-bond acceptors (Lipinski definition) is 3. The molecule has 1 aliphatic rings. The van der Waals surface area contributed by atoms with E-state index in [0.29, 0.717) is 0 Å². The van der Waals surface area contributed by atoms with Crippen LogP contribution in [-0.4, -0.2) is 14.2 Å². The highest BCUT2D eigenvalue weighted by Crippen LogP contribution is 2.44. The summed E-state index contributed by atoms with van der Waals surface area (Å²) in [6.45, 7) is 2.11. The average Bonchev–Trinajstić information content (AvgIpc) is 2.84. The Balaban J connectivity index is 2.54. The Kier molecular flexibility index (Phi) is 3.81. The molecule has 0 bridgehead atoms. The van der Waals surface area contributed by atoms with Gasteiger partial charge in [0, 0.05) is 16.7 Å². The lowest BCUT2D eigenvalue weighted by Crippen LogP contribution is -2.33. The van der Waals surface area contributed by atoms with E-state index in [1.807, 2.05) is 6.07 Å². The van der Waals surface area contributed by atoms with Crippen molar-refractivity contribution in [3.05, 3.63) is 23.3 Å². The molecule has 1 saturated carbocycles. The van der Waals surface area contributed by atoms with Gasteiger partial charge < -0.3 is 15.2 Å². The fourth-order valence-corrected chi connectivity index (χ4v) is 3.04. The van der Waals surface area contributed by atoms with Crippen molar-refractivity contribution in [1.29, 1.82) is 0 Å². The van der Waals surface area contributed by atoms with E-state index in [0.717, 1.165) is 41.9 Å². The molecule has 100 valence electrons. The van der Waals surface area contributed by atoms with Crippen LogP contribution >= 0.6 is 0 Å². The van der Waals surface area contributed by atoms with Gasteiger partial charge in [-0.1, -0.05) is 19.8 Å². The van der Waals surface area contributed by atoms with E-state index < -0.39 is 0 Å². The Hall–Kier alpha value is -1.22. The number of hydrogen-bond donors (Lipinski definition) is 1. The lowest BCUT2D eigenvalue weighted by Gasteiger charge is -2.28. The second kappa shape index (κ2) is 5.19. The van der Waals surface area contributed by atoms with Gasteiger partial charge in [-0.2, -0.15) is 0 Å². The molecule has 0 heterocycles. The van der Waals surface area contributed by atoms with Crippen LogP contribution in [0, 0.1) is 0 Å². The molecule has 3 heteroatoms. The monoisotopic (exact) mass is 249 g/mol. The van der Waals surface area contributed by atoms with Crippen molar-refractivity contribution < 1.29 is 9.47 Å². The fourth-order valence-electron chi connectivity index (χ4n) is 3.04. The molecular weight excluding hydrogens is 226 g/mol. The fraction of sp³-hybridized carbons (Fsp3) is 0.600. The molecule has 0 amide bonds. The summed E-state index contributed by atoms with van der Waals surface area (Å²) in [7, 11) is 3.41. The second-order valence-corrected chi connectivity index (χ2v) is 5.04. The van der Waals surface area contributed by atoms with Gasteiger partial charge in [0.2, 0.25) is 0 Å². The number of methoxy groups -OCH3 is 2. The number of nitrogens with two attached hydrogens (primary N) is 1. The molecule has 0 aliphatic heterocycles. The lowest BCUT2D eigenvalue weighted by atomic mass is 9.86. The first-order chi connectivity index (χ1) is 8.66. The van der Waals surface area contributed by atoms with E-state index in [1.165, 1.54) is 12.8 Å². The van der Waals surface area contributed by atoms with E-state index in [1.54, 1.807) is 14.2 Å². The highest BCUT2D eigenvalue weighted by atomic mass is 16.5. The van der Waals surface area contributed by atoms with Crippen LogP contribution in [0.25, 0.3) is 0 Å². The van der Waals surface area contributed by atoms with Crippen LogP contribution in [0.15, 0.2) is 12.1 Å². The van der Waals surface area contributed by atoms with Gasteiger partial charge >= 0.3 is 0 Å². The number of ether oxygens (including phenoxy) is 2. The SMILES string of the molecule is CCc1c(OC)ccc(C2(N)CCCC2)c1OC. The quantitative estimate of drug-likeness (QED) is 0.892. The van der Waals surface area contributed by atoms with Gasteiger partial charge in [0.15, 0.2) is 0 Å². The van der Waals surface area contributed by atoms with Crippen molar-refractivity contribution in [2.75, 3.05) is 14.2 Å². The summed E-state index contributed by atoms with van der Waals surface area (Å²) in [6, 6.07) is 4.09. The topological polar surface area (TPSA) is 44.5 Å². The van der Waals surface area contributed by atoms with E-state index in [9.17, 15) is 0 Å². The molecule has 1 aromatic rings. The van der Waals surface area contributed by atoms with Crippen LogP contribution in [0.2, 0.25) is 0 Å². The Labute approximate surface area is 109 Å². The standard InChI is InChI=1S/C15H23NO2/c1-4-11-13(17-2)8-7-12(14(11)18-3)15(16)9-5-6-10-15/h7-8H,4-6,9-10,16H2,1-3H3. The number of benzene rings is 1. The Bertz CT molecular complexity index is 423. The molecule has 0 radical (unpaired) electrons. The molecule has 0 saturated heterocycles. The zero-order chi connectivity index (χ0) is 13.2. The molecule has 3 nitrogen and oxygen atoms in total. The van der Waals surface area contributed by atoms with E-state index in [4.69, 9.17) is 15.2 Å². The van der Waals surface area contributed by atoms with Crippen LogP contribution in [0.1, 0.15) is 43.7 Å². The highest BCUT2D eigenvalue weighted by molar-refractivity contribution is 5.53. The highest BCUT2D eigenvalue weighted by Gasteiger charge is 2.34. The Morgan fingerprint density at radius 1 is 1.17 bits per heavy atom. The first kappa shape index (κ1) is 13.2. The maximum Gasteiger partial charge on any atom is 0.130 e. The van der Waals surface area contributed by atoms with Crippen molar-refractivity contribution in [2.45, 2.75) is 44.6 Å². The summed E-state index contributed by atoms with van der Waals surface area (Å²) in [6.07, 6.45) is 5.37. The second-order valence-electron chi connectivity index (χ2n) is 5.04. The summed E-state index contributed by atoms with van der Waals surface area (Å²) >= 11 is 0. The molecule has 1 aromatic carbocycles. The summed E-state index contributed by atoms with van der Waals surface area (Å²) in [5.74, 6) is 1.81. The molecule has 18 heavy (non-hydrogen) atoms. The molecule has 1 aliphatic carbocycles. The van der Waals surface area contributed by atoms with E-state index in [2.05, 4.69) is 13.0 Å². The summed E-state index contributed by atoms with van der Waals surface area (Å²) < 4.78 is 11.0. The average molecular weight is 249 g/mol. The van der Waals surface area contributed by atoms with Crippen LogP contribution < -0.4 is 15.2 Å². The largest absolute Gasteiger partial charge is 0.496 e. The Morgan fingerprint density at radius 3 is 2.33 bits per heavy atom. The predicted octanol–water partition coefficient (Wildman–Crippen LogP) is 2.99. The predicted molar refractivity (Wildman–Crippen MR) is 73.3 cm³/mol. The van der Waals surface area contributed by atoms with Crippen molar-refractivity contribution in [1.82, 2.24) is 0 Å². The third kappa shape index (κ3) is 2.07. The summed E-state index contributed by atoms with van der Waals surface area (Å²) in [5.41, 5.74) is 8.59. The maximum absolute atomic E-state index is 6.55. The summed E-state index contributed by atoms with van der Waals surface area (Å²) in [4.78, 5) is 0. The minimum atomic E-state index is -0.221. The van der Waals surface area contributed by atoms with Gasteiger partial charge in [-0.15, -0.1) is 0 Å². The molecule has 0 aromatic heterocycles. The third-order valence-electron chi connectivity index (χ3n) is 4.03. The lowest BCUT2D eigenvalue weighted by molar-refractivity contribution is 0.363. The minimum Gasteiger partial charge on any atom is -0.496 e. The Morgan fingerprint density at radius 2 is 1.83 bits per heavy atom. The molecule has 2 rings (SSSR count). The minimum absolute atomic E-state index is 0.221. The summed E-state index contributed by atoms with van der Waals surface area (Å²) in [5, 5.41) is 0. The number of rotatable bonds is 4. The van der Waals surface area contributed by atoms with Crippen molar-refractivity contribution in [2.24, 2.45) is 5.73 Å². The smallest absolute Gasteiger partial charge is 0.130 e. The first-order valence-corrected chi connectivity index (χ1v) is 6.69. The van der Waals surface area contributed by atoms with E-state index >= 15 is 0 Å². The third-order valence-corrected chi connectivity index (χ3v) is 4.03. The van der Waals surface area contributed by atoms with Gasteiger partial charge in [-0.05, 0) is 31.4 Å². The molecule has 0 atom stereocenters. The van der Waals surface area contributed by atoms with Gasteiger partial charge in [0.1, 0.15) is 11.5 Å². The van der Waals surface area contributed by atoms with Crippen LogP contribution in [0.3, 0.4) is 0 Å². The van der Waals surface area contributed by atoms with Crippen LogP contribution in [-0.2, 0) is 12.0 Å². The molecular formula is C15H23NO2. The van der Waals surface area contributed by atoms with Gasteiger partial charge in [0.05, 0.1) is 14.2 Å². The zero-order valence-electron chi connectivity index (χ0n) is 11.6. The van der Waals surface area contributed by atoms with Gasteiger partial charge in [-0.25, -0.2) is 0 Å². The van der Waals surface area contributed by atoms with E-state index in [-0.39, 0.29) is 5.54 Å². The first-order valence-electron chi connectivity index (χ1n) is 6.69. The van der Waals surface area contributed by atoms with Crippen LogP contribution in [0.5, 0.6) is 11.5 Å². The van der Waals surface area contributed by atoms with Crippen LogP contribution in [0.4, 0.5) is 0 Å².